The molecule has 0 saturated carbocycles. The maximum absolute atomic E-state index is 12.5. The summed E-state index contributed by atoms with van der Waals surface area (Å²) in [6.07, 6.45) is -1.89. The van der Waals surface area contributed by atoms with E-state index in [-0.39, 0.29) is 12.2 Å². The second-order valence-electron chi connectivity index (χ2n) is 5.63. The fourth-order valence-electron chi connectivity index (χ4n) is 1.55. The zero-order valence-electron chi connectivity index (χ0n) is 12.6. The van der Waals surface area contributed by atoms with Crippen LogP contribution in [0.4, 0.5) is 23.7 Å². The van der Waals surface area contributed by atoms with Crippen LogP contribution in [-0.4, -0.2) is 18.2 Å². The van der Waals surface area contributed by atoms with Crippen molar-refractivity contribution in [1.29, 1.82) is 0 Å². The largest absolute Gasteiger partial charge is 0.444 e. The molecule has 0 aliphatic heterocycles. The molecule has 4 nitrogen and oxygen atoms in total. The summed E-state index contributed by atoms with van der Waals surface area (Å²) in [6.45, 7) is 5.40. The molecule has 0 aliphatic carbocycles. The van der Waals surface area contributed by atoms with Crippen LogP contribution in [0, 0.1) is 0 Å². The van der Waals surface area contributed by atoms with Crippen molar-refractivity contribution in [2.45, 2.75) is 32.5 Å². The molecule has 0 radical (unpaired) electrons. The van der Waals surface area contributed by atoms with Gasteiger partial charge in [-0.1, -0.05) is 18.2 Å². The first-order valence-corrected chi connectivity index (χ1v) is 6.59. The number of carbonyl (C=O) groups excluding carboxylic acids is 1. The molecular weight excluding hydrogens is 297 g/mol. The van der Waals surface area contributed by atoms with Crippen LogP contribution >= 0.6 is 0 Å². The number of rotatable bonds is 3. The number of amides is 1. The average molecular weight is 316 g/mol. The van der Waals surface area contributed by atoms with Gasteiger partial charge in [-0.25, -0.2) is 4.79 Å². The molecule has 1 rings (SSSR count). The Morgan fingerprint density at radius 2 is 1.95 bits per heavy atom. The van der Waals surface area contributed by atoms with Gasteiger partial charge in [-0.3, -0.25) is 0 Å². The number of benzene rings is 1. The van der Waals surface area contributed by atoms with Gasteiger partial charge in [-0.05, 0) is 38.5 Å². The zero-order valence-corrected chi connectivity index (χ0v) is 12.6. The number of ether oxygens (including phenoxy) is 1. The summed E-state index contributed by atoms with van der Waals surface area (Å²) in [4.78, 5) is 11.4. The Kier molecular flexibility index (Phi) is 5.46. The number of nitrogens with one attached hydrogen (secondary N) is 1. The summed E-state index contributed by atoms with van der Waals surface area (Å²) in [7, 11) is 0. The van der Waals surface area contributed by atoms with Gasteiger partial charge < -0.3 is 15.8 Å². The number of alkyl halides is 3. The van der Waals surface area contributed by atoms with Gasteiger partial charge in [-0.15, -0.1) is 0 Å². The number of halogens is 3. The van der Waals surface area contributed by atoms with E-state index in [2.05, 4.69) is 5.32 Å². The molecule has 1 amide bonds. The number of hydrogen-bond donors (Lipinski definition) is 2. The van der Waals surface area contributed by atoms with Gasteiger partial charge in [0.05, 0.1) is 5.56 Å². The second kappa shape index (κ2) is 6.72. The minimum Gasteiger partial charge on any atom is -0.444 e. The molecule has 0 bridgehead atoms. The van der Waals surface area contributed by atoms with Gasteiger partial charge in [0, 0.05) is 12.2 Å². The number of anilines is 1. The van der Waals surface area contributed by atoms with E-state index >= 15 is 0 Å². The van der Waals surface area contributed by atoms with Crippen LogP contribution in [0.25, 0.3) is 6.08 Å². The lowest BCUT2D eigenvalue weighted by atomic mass is 10.1. The van der Waals surface area contributed by atoms with E-state index in [1.807, 2.05) is 0 Å². The van der Waals surface area contributed by atoms with Crippen LogP contribution in [0.3, 0.4) is 0 Å². The van der Waals surface area contributed by atoms with E-state index in [9.17, 15) is 18.0 Å². The molecule has 0 aliphatic rings. The third kappa shape index (κ3) is 6.07. The van der Waals surface area contributed by atoms with E-state index in [0.29, 0.717) is 5.56 Å². The molecule has 0 fully saturated rings. The normalized spacial score (nSPS) is 12.5. The summed E-state index contributed by atoms with van der Waals surface area (Å²) < 4.78 is 42.5. The lowest BCUT2D eigenvalue weighted by Gasteiger charge is -2.19. The molecule has 0 atom stereocenters. The number of nitrogen functional groups attached to an aromatic ring is 1. The first kappa shape index (κ1) is 17.9. The fourth-order valence-corrected chi connectivity index (χ4v) is 1.55. The van der Waals surface area contributed by atoms with E-state index in [1.165, 1.54) is 12.1 Å². The van der Waals surface area contributed by atoms with Crippen LogP contribution < -0.4 is 11.1 Å². The molecular formula is C15H19F3N2O2. The monoisotopic (exact) mass is 316 g/mol. The third-order valence-corrected chi connectivity index (χ3v) is 2.47. The maximum atomic E-state index is 12.5. The smallest absolute Gasteiger partial charge is 0.416 e. The van der Waals surface area contributed by atoms with Crippen molar-refractivity contribution in [3.63, 3.8) is 0 Å². The first-order valence-electron chi connectivity index (χ1n) is 6.59. The van der Waals surface area contributed by atoms with Gasteiger partial charge in [0.2, 0.25) is 0 Å². The zero-order chi connectivity index (χ0) is 17.0. The molecule has 1 aromatic rings. The van der Waals surface area contributed by atoms with Crippen LogP contribution in [-0.2, 0) is 10.9 Å². The van der Waals surface area contributed by atoms with Crippen LogP contribution in [0.15, 0.2) is 24.3 Å². The van der Waals surface area contributed by atoms with E-state index in [4.69, 9.17) is 10.5 Å². The van der Waals surface area contributed by atoms with Gasteiger partial charge in [-0.2, -0.15) is 13.2 Å². The molecule has 7 heteroatoms. The fraction of sp³-hybridized carbons (Fsp3) is 0.400. The van der Waals surface area contributed by atoms with Crippen molar-refractivity contribution in [2.75, 3.05) is 12.3 Å². The first-order chi connectivity index (χ1) is 9.99. The molecule has 0 saturated heterocycles. The highest BCUT2D eigenvalue weighted by Crippen LogP contribution is 2.31. The predicted molar refractivity (Wildman–Crippen MR) is 79.1 cm³/mol. The maximum Gasteiger partial charge on any atom is 0.416 e. The van der Waals surface area contributed by atoms with Gasteiger partial charge in [0.1, 0.15) is 5.60 Å². The summed E-state index contributed by atoms with van der Waals surface area (Å²) in [5.74, 6) is 0. The minimum absolute atomic E-state index is 0.0170. The summed E-state index contributed by atoms with van der Waals surface area (Å²) in [5.41, 5.74) is 4.65. The summed E-state index contributed by atoms with van der Waals surface area (Å²) in [6, 6.07) is 3.11. The Morgan fingerprint density at radius 1 is 1.32 bits per heavy atom. The van der Waals surface area contributed by atoms with Crippen LogP contribution in [0.2, 0.25) is 0 Å². The van der Waals surface area contributed by atoms with E-state index in [1.54, 1.807) is 26.8 Å². The molecule has 122 valence electrons. The number of nitrogens with two attached hydrogens (primary N) is 1. The topological polar surface area (TPSA) is 64.3 Å². The molecule has 1 aromatic carbocycles. The Morgan fingerprint density at radius 3 is 2.45 bits per heavy atom. The molecule has 0 aromatic heterocycles. The van der Waals surface area contributed by atoms with Gasteiger partial charge in [0.15, 0.2) is 0 Å². The van der Waals surface area contributed by atoms with Gasteiger partial charge >= 0.3 is 12.3 Å². The lowest BCUT2D eigenvalue weighted by molar-refractivity contribution is -0.137. The Hall–Kier alpha value is -2.18. The van der Waals surface area contributed by atoms with E-state index in [0.717, 1.165) is 12.1 Å². The average Bonchev–Trinajstić information content (AvgIpc) is 2.32. The third-order valence-electron chi connectivity index (χ3n) is 2.47. The quantitative estimate of drug-likeness (QED) is 0.833. The van der Waals surface area contributed by atoms with Crippen molar-refractivity contribution in [2.24, 2.45) is 0 Å². The Balaban J connectivity index is 2.59. The number of carbonyl (C=O) groups is 1. The van der Waals surface area contributed by atoms with Crippen molar-refractivity contribution >= 4 is 17.9 Å². The molecule has 0 heterocycles. The minimum atomic E-state index is -4.42. The summed E-state index contributed by atoms with van der Waals surface area (Å²) in [5, 5.41) is 2.50. The van der Waals surface area contributed by atoms with E-state index < -0.39 is 23.4 Å². The highest BCUT2D eigenvalue weighted by Gasteiger charge is 2.30. The van der Waals surface area contributed by atoms with Crippen LogP contribution in [0.5, 0.6) is 0 Å². The molecule has 0 spiro atoms. The second-order valence-corrected chi connectivity index (χ2v) is 5.63. The van der Waals surface area contributed by atoms with Crippen LogP contribution in [0.1, 0.15) is 31.9 Å². The number of alkyl carbamates (subject to hydrolysis) is 1. The highest BCUT2D eigenvalue weighted by molar-refractivity contribution is 5.69. The van der Waals surface area contributed by atoms with Crippen molar-refractivity contribution < 1.29 is 22.7 Å². The Labute approximate surface area is 127 Å². The van der Waals surface area contributed by atoms with Gasteiger partial charge in [0.25, 0.3) is 0 Å². The molecule has 3 N–H and O–H groups in total. The standard InChI is InChI=1S/C15H19F3N2O2/c1-14(2,3)22-13(21)20-8-4-5-10-6-7-11(9-12(10)19)15(16,17)18/h4-7,9H,8,19H2,1-3H3,(H,20,21). The number of hydrogen-bond acceptors (Lipinski definition) is 3. The van der Waals surface area contributed by atoms with Crippen molar-refractivity contribution in [1.82, 2.24) is 5.32 Å². The SMILES string of the molecule is CC(C)(C)OC(=O)NCC=Cc1ccc(C(F)(F)F)cc1N. The van der Waals surface area contributed by atoms with Crippen molar-refractivity contribution in [3.05, 3.63) is 35.4 Å². The van der Waals surface area contributed by atoms with Crippen molar-refractivity contribution in [3.8, 4) is 0 Å². The summed E-state index contributed by atoms with van der Waals surface area (Å²) >= 11 is 0. The lowest BCUT2D eigenvalue weighted by Crippen LogP contribution is -2.32. The predicted octanol–water partition coefficient (Wildman–Crippen LogP) is 3.83. The molecule has 22 heavy (non-hydrogen) atoms. The Bertz CT molecular complexity index is 561. The highest BCUT2D eigenvalue weighted by atomic mass is 19.4. The molecule has 0 unspecified atom stereocenters.